The molecule has 1 unspecified atom stereocenters. The molecule has 5 heteroatoms. The van der Waals surface area contributed by atoms with Crippen molar-refractivity contribution in [3.8, 4) is 0 Å². The Kier molecular flexibility index (Phi) is 5.10. The first-order valence-electron chi connectivity index (χ1n) is 3.13. The van der Waals surface area contributed by atoms with Crippen molar-refractivity contribution >= 4 is 12.4 Å². The van der Waals surface area contributed by atoms with E-state index in [9.17, 15) is 9.59 Å². The van der Waals surface area contributed by atoms with Gasteiger partial charge in [0.15, 0.2) is 6.61 Å². The van der Waals surface area contributed by atoms with Gasteiger partial charge in [-0.25, -0.2) is 0 Å². The van der Waals surface area contributed by atoms with Crippen LogP contribution in [0.1, 0.15) is 13.3 Å². The number of esters is 1. The summed E-state index contributed by atoms with van der Waals surface area (Å²) in [6.07, 6.45) is -1.18. The van der Waals surface area contributed by atoms with Crippen LogP contribution in [0.25, 0.3) is 0 Å². The quantitative estimate of drug-likeness (QED) is 0.333. The van der Waals surface area contributed by atoms with Gasteiger partial charge in [-0.2, -0.15) is 0 Å². The van der Waals surface area contributed by atoms with E-state index in [-0.39, 0.29) is 19.5 Å². The molecule has 64 valence electrons. The second-order valence-electron chi connectivity index (χ2n) is 1.73. The van der Waals surface area contributed by atoms with E-state index in [1.54, 1.807) is 6.92 Å². The van der Waals surface area contributed by atoms with Crippen molar-refractivity contribution < 1.29 is 24.2 Å². The largest absolute Gasteiger partial charge is 0.461 e. The molecule has 1 atom stereocenters. The van der Waals surface area contributed by atoms with E-state index in [1.165, 1.54) is 0 Å². The van der Waals surface area contributed by atoms with Crippen molar-refractivity contribution in [3.63, 3.8) is 0 Å². The lowest BCUT2D eigenvalue weighted by molar-refractivity contribution is -0.177. The van der Waals surface area contributed by atoms with E-state index < -0.39 is 12.3 Å². The number of rotatable bonds is 5. The Morgan fingerprint density at radius 3 is 2.82 bits per heavy atom. The summed E-state index contributed by atoms with van der Waals surface area (Å²) in [5, 5.41) is 8.75. The third-order valence-corrected chi connectivity index (χ3v) is 0.863. The fraction of sp³-hybridized carbons (Fsp3) is 0.667. The number of hydrogen-bond acceptors (Lipinski definition) is 5. The normalized spacial score (nSPS) is 11.8. The third-order valence-electron chi connectivity index (χ3n) is 0.863. The molecule has 0 aromatic carbocycles. The maximum absolute atomic E-state index is 10.5. The Labute approximate surface area is 63.9 Å². The zero-order valence-electron chi connectivity index (χ0n) is 6.15. The monoisotopic (exact) mass is 162 g/mol. The molecule has 11 heavy (non-hydrogen) atoms. The van der Waals surface area contributed by atoms with Crippen LogP contribution in [-0.4, -0.2) is 30.4 Å². The minimum Gasteiger partial charge on any atom is -0.461 e. The van der Waals surface area contributed by atoms with Crippen LogP contribution in [0.5, 0.6) is 0 Å². The molecule has 0 amide bonds. The van der Waals surface area contributed by atoms with Crippen LogP contribution < -0.4 is 0 Å². The van der Waals surface area contributed by atoms with Gasteiger partial charge in [0.25, 0.3) is 6.47 Å². The molecule has 0 aliphatic rings. The first-order valence-corrected chi connectivity index (χ1v) is 3.13. The number of carbonyl (C=O) groups excluding carboxylic acids is 2. The number of ether oxygens (including phenoxy) is 2. The van der Waals surface area contributed by atoms with Gasteiger partial charge >= 0.3 is 5.97 Å². The van der Waals surface area contributed by atoms with Gasteiger partial charge in [-0.1, -0.05) is 6.92 Å². The molecular weight excluding hydrogens is 152 g/mol. The molecule has 0 rings (SSSR count). The minimum absolute atomic E-state index is 0.170. The molecule has 0 saturated carbocycles. The maximum atomic E-state index is 10.5. The lowest BCUT2D eigenvalue weighted by Gasteiger charge is -2.08. The lowest BCUT2D eigenvalue weighted by Crippen LogP contribution is -2.22. The second-order valence-corrected chi connectivity index (χ2v) is 1.73. The molecule has 0 aromatic rings. The Morgan fingerprint density at radius 2 is 2.36 bits per heavy atom. The number of aliphatic hydroxyl groups is 1. The first-order chi connectivity index (χ1) is 5.20. The molecule has 0 saturated heterocycles. The highest BCUT2D eigenvalue weighted by Gasteiger charge is 2.08. The van der Waals surface area contributed by atoms with E-state index in [2.05, 4.69) is 9.47 Å². The van der Waals surface area contributed by atoms with Crippen molar-refractivity contribution in [3.05, 3.63) is 0 Å². The van der Waals surface area contributed by atoms with Gasteiger partial charge in [-0.05, 0) is 0 Å². The van der Waals surface area contributed by atoms with Crippen molar-refractivity contribution in [1.82, 2.24) is 0 Å². The highest BCUT2D eigenvalue weighted by Crippen LogP contribution is 1.91. The minimum atomic E-state index is -1.35. The highest BCUT2D eigenvalue weighted by molar-refractivity contribution is 5.68. The molecule has 0 fully saturated rings. The van der Waals surface area contributed by atoms with Gasteiger partial charge in [0.1, 0.15) is 0 Å². The predicted octanol–water partition coefficient (Wildman–Crippen LogP) is -0.569. The van der Waals surface area contributed by atoms with Crippen LogP contribution >= 0.6 is 0 Å². The van der Waals surface area contributed by atoms with E-state index >= 15 is 0 Å². The standard InChI is InChI=1S/C6H10O5/c1-2-5(8)11-6(9)3-10-4-7/h4,6,9H,2-3H2,1H3. The zero-order valence-corrected chi connectivity index (χ0v) is 6.15. The van der Waals surface area contributed by atoms with E-state index in [4.69, 9.17) is 5.11 Å². The zero-order chi connectivity index (χ0) is 8.69. The average molecular weight is 162 g/mol. The SMILES string of the molecule is CCC(=O)OC(O)COC=O. The molecule has 0 heterocycles. The summed E-state index contributed by atoms with van der Waals surface area (Å²) in [4.78, 5) is 20.1. The van der Waals surface area contributed by atoms with Gasteiger partial charge in [-0.15, -0.1) is 0 Å². The summed E-state index contributed by atoms with van der Waals surface area (Å²) in [6, 6.07) is 0. The van der Waals surface area contributed by atoms with Crippen molar-refractivity contribution in [1.29, 1.82) is 0 Å². The second kappa shape index (κ2) is 5.67. The Hall–Kier alpha value is -1.10. The van der Waals surface area contributed by atoms with Crippen molar-refractivity contribution in [2.75, 3.05) is 6.61 Å². The molecule has 5 nitrogen and oxygen atoms in total. The molecular formula is C6H10O5. The van der Waals surface area contributed by atoms with Gasteiger partial charge in [0, 0.05) is 6.42 Å². The topological polar surface area (TPSA) is 72.8 Å². The number of aliphatic hydroxyl groups excluding tert-OH is 1. The van der Waals surface area contributed by atoms with Crippen LogP contribution in [0.4, 0.5) is 0 Å². The van der Waals surface area contributed by atoms with Gasteiger partial charge < -0.3 is 14.6 Å². The molecule has 0 aromatic heterocycles. The van der Waals surface area contributed by atoms with Crippen LogP contribution in [0, 0.1) is 0 Å². The van der Waals surface area contributed by atoms with E-state index in [0.717, 1.165) is 0 Å². The Bertz CT molecular complexity index is 133. The predicted molar refractivity (Wildman–Crippen MR) is 34.4 cm³/mol. The van der Waals surface area contributed by atoms with Gasteiger partial charge in [0.2, 0.25) is 6.29 Å². The van der Waals surface area contributed by atoms with Crippen LogP contribution in [0.15, 0.2) is 0 Å². The van der Waals surface area contributed by atoms with Crippen molar-refractivity contribution in [2.45, 2.75) is 19.6 Å². The Morgan fingerprint density at radius 1 is 1.73 bits per heavy atom. The fourth-order valence-electron chi connectivity index (χ4n) is 0.391. The lowest BCUT2D eigenvalue weighted by atomic mass is 10.5. The maximum Gasteiger partial charge on any atom is 0.307 e. The Balaban J connectivity index is 3.42. The number of carbonyl (C=O) groups is 2. The third kappa shape index (κ3) is 5.35. The average Bonchev–Trinajstić information content (AvgIpc) is 2.00. The number of hydrogen-bond donors (Lipinski definition) is 1. The summed E-state index contributed by atoms with van der Waals surface area (Å²) in [5.74, 6) is -0.535. The highest BCUT2D eigenvalue weighted by atomic mass is 16.7. The summed E-state index contributed by atoms with van der Waals surface area (Å²) >= 11 is 0. The smallest absolute Gasteiger partial charge is 0.307 e. The van der Waals surface area contributed by atoms with E-state index in [0.29, 0.717) is 0 Å². The fourth-order valence-corrected chi connectivity index (χ4v) is 0.391. The molecule has 0 spiro atoms. The van der Waals surface area contributed by atoms with Crippen molar-refractivity contribution in [2.24, 2.45) is 0 Å². The van der Waals surface area contributed by atoms with Crippen LogP contribution in [-0.2, 0) is 19.1 Å². The molecule has 0 bridgehead atoms. The molecule has 0 aliphatic carbocycles. The summed E-state index contributed by atoms with van der Waals surface area (Å²) in [7, 11) is 0. The van der Waals surface area contributed by atoms with E-state index in [1.807, 2.05) is 0 Å². The van der Waals surface area contributed by atoms with Crippen LogP contribution in [0.3, 0.4) is 0 Å². The molecule has 0 aliphatic heterocycles. The summed E-state index contributed by atoms with van der Waals surface area (Å²) < 4.78 is 8.47. The summed E-state index contributed by atoms with van der Waals surface area (Å²) in [5.41, 5.74) is 0. The van der Waals surface area contributed by atoms with Gasteiger partial charge in [-0.3, -0.25) is 9.59 Å². The molecule has 0 radical (unpaired) electrons. The molecule has 1 N–H and O–H groups in total. The summed E-state index contributed by atoms with van der Waals surface area (Å²) in [6.45, 7) is 1.44. The van der Waals surface area contributed by atoms with Gasteiger partial charge in [0.05, 0.1) is 0 Å². The van der Waals surface area contributed by atoms with Crippen LogP contribution in [0.2, 0.25) is 0 Å². The first kappa shape index (κ1) is 9.90.